The van der Waals surface area contributed by atoms with Crippen molar-refractivity contribution in [1.82, 2.24) is 20.7 Å². The summed E-state index contributed by atoms with van der Waals surface area (Å²) in [5, 5.41) is 23.0. The average Bonchev–Trinajstić information content (AvgIpc) is 3.40. The smallest absolute Gasteiger partial charge is 0.314 e. The van der Waals surface area contributed by atoms with E-state index in [1.165, 1.54) is 6.20 Å². The third-order valence-corrected chi connectivity index (χ3v) is 5.99. The van der Waals surface area contributed by atoms with Crippen molar-refractivity contribution in [1.29, 1.82) is 0 Å². The van der Waals surface area contributed by atoms with E-state index in [0.29, 0.717) is 18.9 Å². The van der Waals surface area contributed by atoms with Gasteiger partial charge in [-0.15, -0.1) is 0 Å². The SMILES string of the molecule is CC(C)CCOC(=O)[C@](C)(CO)C[C@@H](Cc1ccc(-c2ccccc2)cc1)NC(=O)c1cn[nH]n1. The number of amides is 1. The molecule has 0 unspecified atom stereocenters. The van der Waals surface area contributed by atoms with Gasteiger partial charge in [-0.1, -0.05) is 68.4 Å². The lowest BCUT2D eigenvalue weighted by atomic mass is 9.82. The van der Waals surface area contributed by atoms with Crippen LogP contribution in [-0.4, -0.2) is 51.6 Å². The van der Waals surface area contributed by atoms with Crippen LogP contribution in [0, 0.1) is 11.3 Å². The Morgan fingerprint density at radius 2 is 1.77 bits per heavy atom. The highest BCUT2D eigenvalue weighted by atomic mass is 16.5. The predicted molar refractivity (Wildman–Crippen MR) is 133 cm³/mol. The number of aliphatic hydroxyl groups excluding tert-OH is 1. The maximum Gasteiger partial charge on any atom is 0.314 e. The number of benzene rings is 2. The van der Waals surface area contributed by atoms with E-state index in [2.05, 4.69) is 34.6 Å². The van der Waals surface area contributed by atoms with E-state index in [-0.39, 0.29) is 12.1 Å². The van der Waals surface area contributed by atoms with Crippen molar-refractivity contribution in [2.75, 3.05) is 13.2 Å². The van der Waals surface area contributed by atoms with Gasteiger partial charge in [0.2, 0.25) is 0 Å². The van der Waals surface area contributed by atoms with Crippen molar-refractivity contribution in [3.05, 3.63) is 72.1 Å². The highest BCUT2D eigenvalue weighted by Crippen LogP contribution is 2.27. The van der Waals surface area contributed by atoms with Crippen LogP contribution in [0.25, 0.3) is 11.1 Å². The number of hydrogen-bond acceptors (Lipinski definition) is 6. The molecule has 0 aliphatic rings. The summed E-state index contributed by atoms with van der Waals surface area (Å²) in [6.45, 7) is 5.67. The van der Waals surface area contributed by atoms with Crippen LogP contribution >= 0.6 is 0 Å². The number of aliphatic hydroxyl groups is 1. The van der Waals surface area contributed by atoms with Gasteiger partial charge in [0.05, 0.1) is 24.8 Å². The van der Waals surface area contributed by atoms with E-state index in [4.69, 9.17) is 4.74 Å². The molecular formula is C27H34N4O4. The number of hydrogen-bond donors (Lipinski definition) is 3. The normalized spacial score (nSPS) is 13.7. The zero-order valence-corrected chi connectivity index (χ0v) is 20.5. The molecule has 1 aromatic heterocycles. The number of aromatic amines is 1. The quantitative estimate of drug-likeness (QED) is 0.341. The van der Waals surface area contributed by atoms with Gasteiger partial charge < -0.3 is 15.2 Å². The lowest BCUT2D eigenvalue weighted by Gasteiger charge is -2.30. The summed E-state index contributed by atoms with van der Waals surface area (Å²) < 4.78 is 5.46. The Morgan fingerprint density at radius 1 is 1.09 bits per heavy atom. The molecule has 8 nitrogen and oxygen atoms in total. The number of nitrogens with one attached hydrogen (secondary N) is 2. The molecule has 8 heteroatoms. The van der Waals surface area contributed by atoms with Crippen molar-refractivity contribution in [2.24, 2.45) is 11.3 Å². The second kappa shape index (κ2) is 12.3. The van der Waals surface area contributed by atoms with Crippen LogP contribution in [0.5, 0.6) is 0 Å². The Bertz CT molecular complexity index is 1070. The Morgan fingerprint density at radius 3 is 2.37 bits per heavy atom. The maximum absolute atomic E-state index is 12.9. The van der Waals surface area contributed by atoms with E-state index < -0.39 is 29.9 Å². The standard InChI is InChI=1S/C27H34N4O4/c1-19(2)13-14-35-26(34)27(3,18-32)16-23(29-25(33)24-17-28-31-30-24)15-20-9-11-22(12-10-20)21-7-5-4-6-8-21/h4-12,17,19,23,32H,13-16,18H2,1-3H3,(H,29,33)(H,28,30,31)/t23-,27+/m1/s1. The van der Waals surface area contributed by atoms with Crippen LogP contribution in [0.4, 0.5) is 0 Å². The first-order valence-electron chi connectivity index (χ1n) is 11.9. The number of carbonyl (C=O) groups excluding carboxylic acids is 2. The fourth-order valence-corrected chi connectivity index (χ4v) is 3.81. The van der Waals surface area contributed by atoms with Gasteiger partial charge in [0.1, 0.15) is 0 Å². The monoisotopic (exact) mass is 478 g/mol. The number of esters is 1. The van der Waals surface area contributed by atoms with Gasteiger partial charge in [-0.05, 0) is 48.8 Å². The van der Waals surface area contributed by atoms with Gasteiger partial charge in [-0.25, -0.2) is 0 Å². The molecule has 1 heterocycles. The van der Waals surface area contributed by atoms with Gasteiger partial charge >= 0.3 is 5.97 Å². The zero-order valence-electron chi connectivity index (χ0n) is 20.5. The van der Waals surface area contributed by atoms with Crippen molar-refractivity contribution in [3.8, 4) is 11.1 Å². The molecule has 0 aliphatic heterocycles. The molecule has 3 aromatic rings. The molecule has 35 heavy (non-hydrogen) atoms. The van der Waals surface area contributed by atoms with E-state index in [9.17, 15) is 14.7 Å². The molecule has 0 saturated carbocycles. The van der Waals surface area contributed by atoms with Crippen molar-refractivity contribution in [3.63, 3.8) is 0 Å². The van der Waals surface area contributed by atoms with E-state index >= 15 is 0 Å². The van der Waals surface area contributed by atoms with E-state index in [0.717, 1.165) is 23.1 Å². The number of H-pyrrole nitrogens is 1. The van der Waals surface area contributed by atoms with Crippen molar-refractivity contribution < 1.29 is 19.4 Å². The predicted octanol–water partition coefficient (Wildman–Crippen LogP) is 3.79. The van der Waals surface area contributed by atoms with E-state index in [1.54, 1.807) is 6.92 Å². The second-order valence-corrected chi connectivity index (χ2v) is 9.53. The zero-order chi connectivity index (χ0) is 25.3. The number of aromatic nitrogens is 3. The van der Waals surface area contributed by atoms with Crippen LogP contribution in [0.1, 0.15) is 49.7 Å². The minimum atomic E-state index is -1.16. The molecule has 1 amide bonds. The number of ether oxygens (including phenoxy) is 1. The van der Waals surface area contributed by atoms with Gasteiger partial charge in [0, 0.05) is 6.04 Å². The van der Waals surface area contributed by atoms with Gasteiger partial charge in [-0.2, -0.15) is 15.4 Å². The first kappa shape index (κ1) is 26.1. The summed E-state index contributed by atoms with van der Waals surface area (Å²) >= 11 is 0. The number of rotatable bonds is 12. The molecule has 0 radical (unpaired) electrons. The topological polar surface area (TPSA) is 117 Å². The highest BCUT2D eigenvalue weighted by molar-refractivity contribution is 5.92. The third kappa shape index (κ3) is 7.48. The number of nitrogens with zero attached hydrogens (tertiary/aromatic N) is 2. The lowest BCUT2D eigenvalue weighted by Crippen LogP contribution is -2.45. The molecule has 0 fully saturated rings. The Hall–Kier alpha value is -3.52. The second-order valence-electron chi connectivity index (χ2n) is 9.53. The minimum Gasteiger partial charge on any atom is -0.465 e. The number of carbonyl (C=O) groups is 2. The molecule has 0 saturated heterocycles. The molecule has 3 N–H and O–H groups in total. The molecule has 0 spiro atoms. The summed E-state index contributed by atoms with van der Waals surface area (Å²) in [6, 6.07) is 17.7. The van der Waals surface area contributed by atoms with E-state index in [1.807, 2.05) is 54.6 Å². The highest BCUT2D eigenvalue weighted by Gasteiger charge is 2.37. The van der Waals surface area contributed by atoms with Crippen molar-refractivity contribution >= 4 is 11.9 Å². The van der Waals surface area contributed by atoms with Gasteiger partial charge in [0.25, 0.3) is 5.91 Å². The van der Waals surface area contributed by atoms with Gasteiger partial charge in [0.15, 0.2) is 5.69 Å². The summed E-state index contributed by atoms with van der Waals surface area (Å²) in [5.41, 5.74) is 2.18. The Balaban J connectivity index is 1.76. The summed E-state index contributed by atoms with van der Waals surface area (Å²) in [7, 11) is 0. The minimum absolute atomic E-state index is 0.152. The Labute approximate surface area is 206 Å². The Kier molecular flexibility index (Phi) is 9.14. The molecule has 3 rings (SSSR count). The average molecular weight is 479 g/mol. The first-order chi connectivity index (χ1) is 16.8. The van der Waals surface area contributed by atoms with Crippen LogP contribution in [-0.2, 0) is 16.0 Å². The molecular weight excluding hydrogens is 444 g/mol. The first-order valence-corrected chi connectivity index (χ1v) is 11.9. The molecule has 2 atom stereocenters. The fourth-order valence-electron chi connectivity index (χ4n) is 3.81. The molecule has 2 aromatic carbocycles. The summed E-state index contributed by atoms with van der Waals surface area (Å²) in [5.74, 6) is -0.476. The van der Waals surface area contributed by atoms with Crippen LogP contribution in [0.15, 0.2) is 60.8 Å². The molecule has 0 bridgehead atoms. The molecule has 0 aliphatic carbocycles. The lowest BCUT2D eigenvalue weighted by molar-refractivity contribution is -0.158. The maximum atomic E-state index is 12.9. The van der Waals surface area contributed by atoms with Crippen molar-refractivity contribution in [2.45, 2.75) is 46.1 Å². The van der Waals surface area contributed by atoms with Crippen LogP contribution < -0.4 is 5.32 Å². The van der Waals surface area contributed by atoms with Crippen LogP contribution in [0.2, 0.25) is 0 Å². The van der Waals surface area contributed by atoms with Crippen LogP contribution in [0.3, 0.4) is 0 Å². The fraction of sp³-hybridized carbons (Fsp3) is 0.407. The largest absolute Gasteiger partial charge is 0.465 e. The van der Waals surface area contributed by atoms with Gasteiger partial charge in [-0.3, -0.25) is 9.59 Å². The summed E-state index contributed by atoms with van der Waals surface area (Å²) in [6.07, 6.45) is 2.75. The third-order valence-electron chi connectivity index (χ3n) is 5.99. The molecule has 186 valence electrons. The summed E-state index contributed by atoms with van der Waals surface area (Å²) in [4.78, 5) is 25.6.